The summed E-state index contributed by atoms with van der Waals surface area (Å²) in [6.45, 7) is 4.07. The van der Waals surface area contributed by atoms with E-state index in [2.05, 4.69) is 55.6 Å². The lowest BCUT2D eigenvalue weighted by Gasteiger charge is -2.29. The molecule has 6 heteroatoms. The molecular weight excluding hydrogens is 352 g/mol. The number of esters is 1. The third kappa shape index (κ3) is 7.89. The van der Waals surface area contributed by atoms with Gasteiger partial charge in [0.15, 0.2) is 5.96 Å². The molecule has 0 aromatic heterocycles. The molecular formula is C22H36N4O2. The number of unbranched alkanes of at least 4 members (excludes halogenated alkanes) is 3. The van der Waals surface area contributed by atoms with Crippen molar-refractivity contribution in [3.63, 3.8) is 0 Å². The Morgan fingerprint density at radius 2 is 1.82 bits per heavy atom. The number of hydrogen-bond acceptors (Lipinski definition) is 4. The SMILES string of the molecule is CN=C(NCCCCCCC(=O)OC)NCC(c1ccccc1)N1CCCC1. The topological polar surface area (TPSA) is 66.0 Å². The number of carbonyl (C=O) groups excluding carboxylic acids is 1. The smallest absolute Gasteiger partial charge is 0.305 e. The van der Waals surface area contributed by atoms with Crippen molar-refractivity contribution in [1.82, 2.24) is 15.5 Å². The first-order chi connectivity index (χ1) is 13.7. The molecule has 0 saturated carbocycles. The van der Waals surface area contributed by atoms with Crippen molar-refractivity contribution in [3.8, 4) is 0 Å². The number of rotatable bonds is 11. The number of nitrogens with one attached hydrogen (secondary N) is 2. The van der Waals surface area contributed by atoms with Crippen molar-refractivity contribution in [3.05, 3.63) is 35.9 Å². The Labute approximate surface area is 169 Å². The van der Waals surface area contributed by atoms with Crippen LogP contribution in [-0.4, -0.2) is 57.2 Å². The summed E-state index contributed by atoms with van der Waals surface area (Å²) in [6.07, 6.45) is 7.20. The minimum atomic E-state index is -0.117. The highest BCUT2D eigenvalue weighted by atomic mass is 16.5. The van der Waals surface area contributed by atoms with E-state index in [1.54, 1.807) is 0 Å². The molecule has 1 aliphatic heterocycles. The largest absolute Gasteiger partial charge is 0.469 e. The lowest BCUT2D eigenvalue weighted by molar-refractivity contribution is -0.140. The number of aliphatic imine (C=N–C) groups is 1. The van der Waals surface area contributed by atoms with Crippen molar-refractivity contribution >= 4 is 11.9 Å². The first-order valence-corrected chi connectivity index (χ1v) is 10.5. The van der Waals surface area contributed by atoms with E-state index in [1.165, 1.54) is 38.6 Å². The fraction of sp³-hybridized carbons (Fsp3) is 0.636. The number of ether oxygens (including phenoxy) is 1. The van der Waals surface area contributed by atoms with Crippen molar-refractivity contribution in [2.45, 2.75) is 51.0 Å². The monoisotopic (exact) mass is 388 g/mol. The molecule has 1 fully saturated rings. The zero-order valence-corrected chi connectivity index (χ0v) is 17.5. The number of carbonyl (C=O) groups is 1. The molecule has 0 aliphatic carbocycles. The molecule has 0 spiro atoms. The van der Waals surface area contributed by atoms with Crippen molar-refractivity contribution < 1.29 is 9.53 Å². The summed E-state index contributed by atoms with van der Waals surface area (Å²) in [4.78, 5) is 18.0. The van der Waals surface area contributed by atoms with Crippen LogP contribution in [0.2, 0.25) is 0 Å². The lowest BCUT2D eigenvalue weighted by Crippen LogP contribution is -2.42. The Hall–Kier alpha value is -2.08. The molecule has 1 aliphatic rings. The van der Waals surface area contributed by atoms with Crippen molar-refractivity contribution in [1.29, 1.82) is 0 Å². The zero-order valence-electron chi connectivity index (χ0n) is 17.5. The number of likely N-dealkylation sites (tertiary alicyclic amines) is 1. The van der Waals surface area contributed by atoms with Crippen LogP contribution in [-0.2, 0) is 9.53 Å². The van der Waals surface area contributed by atoms with Gasteiger partial charge >= 0.3 is 5.97 Å². The van der Waals surface area contributed by atoms with Gasteiger partial charge in [0.2, 0.25) is 0 Å². The minimum absolute atomic E-state index is 0.117. The van der Waals surface area contributed by atoms with E-state index < -0.39 is 0 Å². The van der Waals surface area contributed by atoms with Crippen LogP contribution in [0.4, 0.5) is 0 Å². The number of hydrogen-bond donors (Lipinski definition) is 2. The van der Waals surface area contributed by atoms with Gasteiger partial charge in [-0.25, -0.2) is 0 Å². The van der Waals surface area contributed by atoms with Crippen LogP contribution in [0, 0.1) is 0 Å². The average molecular weight is 389 g/mol. The van der Waals surface area contributed by atoms with E-state index in [-0.39, 0.29) is 5.97 Å². The highest BCUT2D eigenvalue weighted by molar-refractivity contribution is 5.79. The van der Waals surface area contributed by atoms with Crippen LogP contribution in [0.15, 0.2) is 35.3 Å². The highest BCUT2D eigenvalue weighted by Crippen LogP contribution is 2.24. The minimum Gasteiger partial charge on any atom is -0.469 e. The van der Waals surface area contributed by atoms with Crippen LogP contribution in [0.5, 0.6) is 0 Å². The number of methoxy groups -OCH3 is 1. The maximum Gasteiger partial charge on any atom is 0.305 e. The Morgan fingerprint density at radius 1 is 1.11 bits per heavy atom. The first-order valence-electron chi connectivity index (χ1n) is 10.5. The second-order valence-electron chi connectivity index (χ2n) is 7.29. The quantitative estimate of drug-likeness (QED) is 0.264. The van der Waals surface area contributed by atoms with Crippen LogP contribution in [0.3, 0.4) is 0 Å². The van der Waals surface area contributed by atoms with E-state index in [9.17, 15) is 4.79 Å². The van der Waals surface area contributed by atoms with Gasteiger partial charge in [-0.05, 0) is 44.3 Å². The van der Waals surface area contributed by atoms with Gasteiger partial charge < -0.3 is 15.4 Å². The second kappa shape index (κ2) is 13.2. The normalized spacial score (nSPS) is 16.0. The molecule has 28 heavy (non-hydrogen) atoms. The second-order valence-corrected chi connectivity index (χ2v) is 7.29. The Kier molecular flexibility index (Phi) is 10.4. The first kappa shape index (κ1) is 22.2. The van der Waals surface area contributed by atoms with Gasteiger partial charge in [0.25, 0.3) is 0 Å². The molecule has 1 heterocycles. The maximum atomic E-state index is 11.1. The summed E-state index contributed by atoms with van der Waals surface area (Å²) in [6, 6.07) is 11.1. The molecule has 1 aromatic rings. The maximum absolute atomic E-state index is 11.1. The van der Waals surface area contributed by atoms with Crippen molar-refractivity contribution in [2.75, 3.05) is 40.3 Å². The van der Waals surface area contributed by atoms with Crippen molar-refractivity contribution in [2.24, 2.45) is 4.99 Å². The molecule has 1 atom stereocenters. The van der Waals surface area contributed by atoms with Gasteiger partial charge in [-0.15, -0.1) is 0 Å². The fourth-order valence-corrected chi connectivity index (χ4v) is 3.66. The average Bonchev–Trinajstić information content (AvgIpc) is 3.26. The molecule has 1 saturated heterocycles. The Balaban J connectivity index is 1.70. The van der Waals surface area contributed by atoms with E-state index in [0.29, 0.717) is 12.5 Å². The standard InChI is InChI=1S/C22H36N4O2/c1-23-22(24-15-9-4-3-8-14-21(27)28-2)25-18-20(26-16-10-11-17-26)19-12-6-5-7-13-19/h5-7,12-13,20H,3-4,8-11,14-18H2,1-2H3,(H2,23,24,25). The van der Waals surface area contributed by atoms with Gasteiger partial charge in [0.1, 0.15) is 0 Å². The van der Waals surface area contributed by atoms with Gasteiger partial charge in [0.05, 0.1) is 13.2 Å². The summed E-state index contributed by atoms with van der Waals surface area (Å²) in [7, 11) is 3.26. The van der Waals surface area contributed by atoms with E-state index >= 15 is 0 Å². The van der Waals surface area contributed by atoms with Gasteiger partial charge in [-0.2, -0.15) is 0 Å². The molecule has 1 unspecified atom stereocenters. The Bertz CT molecular complexity index is 585. The van der Waals surface area contributed by atoms with Gasteiger partial charge in [0, 0.05) is 26.6 Å². The van der Waals surface area contributed by atoms with Crippen LogP contribution in [0.1, 0.15) is 56.6 Å². The predicted octanol–water partition coefficient (Wildman–Crippen LogP) is 3.11. The van der Waals surface area contributed by atoms with E-state index in [1.807, 2.05) is 7.05 Å². The molecule has 1 aromatic carbocycles. The Morgan fingerprint density at radius 3 is 2.50 bits per heavy atom. The molecule has 0 bridgehead atoms. The zero-order chi connectivity index (χ0) is 20.0. The number of nitrogens with zero attached hydrogens (tertiary/aromatic N) is 2. The van der Waals surface area contributed by atoms with Gasteiger partial charge in [-0.3, -0.25) is 14.7 Å². The molecule has 0 amide bonds. The summed E-state index contributed by atoms with van der Waals surface area (Å²) in [5, 5.41) is 6.91. The summed E-state index contributed by atoms with van der Waals surface area (Å²) < 4.78 is 4.66. The summed E-state index contributed by atoms with van der Waals surface area (Å²) in [5.41, 5.74) is 1.36. The van der Waals surface area contributed by atoms with Crippen LogP contribution >= 0.6 is 0 Å². The third-order valence-electron chi connectivity index (χ3n) is 5.28. The number of guanidine groups is 1. The third-order valence-corrected chi connectivity index (χ3v) is 5.28. The fourth-order valence-electron chi connectivity index (χ4n) is 3.66. The molecule has 2 N–H and O–H groups in total. The summed E-state index contributed by atoms with van der Waals surface area (Å²) >= 11 is 0. The molecule has 6 nitrogen and oxygen atoms in total. The highest BCUT2D eigenvalue weighted by Gasteiger charge is 2.23. The van der Waals surface area contributed by atoms with Crippen LogP contribution in [0.25, 0.3) is 0 Å². The van der Waals surface area contributed by atoms with Gasteiger partial charge in [-0.1, -0.05) is 43.2 Å². The predicted molar refractivity (Wildman–Crippen MR) is 114 cm³/mol. The lowest BCUT2D eigenvalue weighted by atomic mass is 10.1. The van der Waals surface area contributed by atoms with Crippen LogP contribution < -0.4 is 10.6 Å². The molecule has 0 radical (unpaired) electrons. The molecule has 156 valence electrons. The van der Waals surface area contributed by atoms with E-state index in [4.69, 9.17) is 0 Å². The number of benzene rings is 1. The molecule has 2 rings (SSSR count). The van der Waals surface area contributed by atoms with E-state index in [0.717, 1.165) is 44.7 Å². The summed E-state index contributed by atoms with van der Waals surface area (Å²) in [5.74, 6) is 0.739.